The lowest BCUT2D eigenvalue weighted by atomic mass is 9.97. The number of benzene rings is 1. The van der Waals surface area contributed by atoms with E-state index in [0.717, 1.165) is 25.1 Å². The van der Waals surface area contributed by atoms with Crippen LogP contribution in [0.25, 0.3) is 33.3 Å². The Bertz CT molecular complexity index is 1900. The Kier molecular flexibility index (Phi) is 5.72. The van der Waals surface area contributed by atoms with Crippen molar-refractivity contribution in [2.45, 2.75) is 25.3 Å². The monoisotopic (exact) mass is 572 g/mol. The lowest BCUT2D eigenvalue weighted by Crippen LogP contribution is -2.36. The summed E-state index contributed by atoms with van der Waals surface area (Å²) < 4.78 is 32.2. The number of carboxylic acids is 1. The van der Waals surface area contributed by atoms with Gasteiger partial charge in [-0.3, -0.25) is 9.78 Å². The molecule has 3 aromatic heterocycles. The summed E-state index contributed by atoms with van der Waals surface area (Å²) in [6, 6.07) is 3.09. The van der Waals surface area contributed by atoms with Crippen molar-refractivity contribution in [3.63, 3.8) is 0 Å². The molecule has 1 spiro atoms. The summed E-state index contributed by atoms with van der Waals surface area (Å²) in [7, 11) is 7.45. The number of halogens is 2. The van der Waals surface area contributed by atoms with Crippen molar-refractivity contribution in [2.24, 2.45) is 12.5 Å². The van der Waals surface area contributed by atoms with Crippen LogP contribution in [-0.2, 0) is 13.5 Å². The maximum Gasteiger partial charge on any atom is 0.341 e. The minimum absolute atomic E-state index is 0.114. The maximum absolute atomic E-state index is 15.7. The molecule has 1 aliphatic heterocycles. The van der Waals surface area contributed by atoms with Crippen molar-refractivity contribution in [3.05, 3.63) is 69.4 Å². The molecule has 9 nitrogen and oxygen atoms in total. The molecule has 1 unspecified atom stereocenters. The Morgan fingerprint density at radius 2 is 1.93 bits per heavy atom. The number of aromatic nitrogens is 3. The Hall–Kier alpha value is -4.38. The van der Waals surface area contributed by atoms with Gasteiger partial charge in [0, 0.05) is 97.7 Å². The van der Waals surface area contributed by atoms with Crippen molar-refractivity contribution >= 4 is 28.4 Å². The van der Waals surface area contributed by atoms with E-state index in [1.54, 1.807) is 32.6 Å². The summed E-state index contributed by atoms with van der Waals surface area (Å²) in [6.45, 7) is 1.43. The van der Waals surface area contributed by atoms with Crippen LogP contribution in [0.2, 0.25) is 0 Å². The molecule has 1 atom stereocenters. The molecule has 2 aliphatic carbocycles. The van der Waals surface area contributed by atoms with Crippen LogP contribution >= 0.6 is 0 Å². The van der Waals surface area contributed by atoms with E-state index in [1.165, 1.54) is 16.8 Å². The first-order valence-electron chi connectivity index (χ1n) is 13.9. The van der Waals surface area contributed by atoms with Gasteiger partial charge in [-0.25, -0.2) is 18.6 Å². The number of carboxylic acid groups (broad SMARTS) is 1. The van der Waals surface area contributed by atoms with Crippen LogP contribution in [0, 0.1) is 17.0 Å². The number of nitrogens with one attached hydrogen (secondary N) is 1. The second-order valence-corrected chi connectivity index (χ2v) is 11.9. The summed E-state index contributed by atoms with van der Waals surface area (Å²) >= 11 is 0. The lowest BCUT2D eigenvalue weighted by Gasteiger charge is -2.27. The molecular weight excluding hydrogens is 542 g/mol. The molecule has 2 N–H and O–H groups in total. The molecule has 0 amide bonds. The zero-order chi connectivity index (χ0) is 29.7. The van der Waals surface area contributed by atoms with Crippen molar-refractivity contribution in [3.8, 4) is 22.3 Å². The fraction of sp³-hybridized carbons (Fsp3) is 0.355. The molecule has 1 saturated heterocycles. The Labute approximate surface area is 240 Å². The lowest BCUT2D eigenvalue weighted by molar-refractivity contribution is 0.0695. The van der Waals surface area contributed by atoms with Crippen LogP contribution in [0.5, 0.6) is 0 Å². The van der Waals surface area contributed by atoms with Gasteiger partial charge in [0.05, 0.1) is 16.8 Å². The minimum Gasteiger partial charge on any atom is -0.477 e. The highest BCUT2D eigenvalue weighted by Crippen LogP contribution is 2.58. The van der Waals surface area contributed by atoms with Crippen molar-refractivity contribution in [2.75, 3.05) is 44.4 Å². The number of carbonyl (C=O) groups is 1. The van der Waals surface area contributed by atoms with Crippen LogP contribution in [0.4, 0.5) is 20.2 Å². The van der Waals surface area contributed by atoms with Crippen LogP contribution in [-0.4, -0.2) is 70.8 Å². The number of hydrogen-bond donors (Lipinski definition) is 2. The van der Waals surface area contributed by atoms with Crippen molar-refractivity contribution < 1.29 is 18.7 Å². The Morgan fingerprint density at radius 3 is 2.57 bits per heavy atom. The number of hydrogen-bond acceptors (Lipinski definition) is 7. The Balaban J connectivity index is 1.51. The first kappa shape index (κ1) is 26.5. The molecule has 4 aromatic rings. The van der Waals surface area contributed by atoms with Gasteiger partial charge in [-0.15, -0.1) is 0 Å². The number of likely N-dealkylation sites (N-methyl/N-ethyl adjacent to an activating group) is 1. The molecule has 1 aromatic carbocycles. The third kappa shape index (κ3) is 3.69. The number of anilines is 2. The number of fused-ring (bicyclic) bond motifs is 4. The summed E-state index contributed by atoms with van der Waals surface area (Å²) in [5.41, 5.74) is 3.94. The third-order valence-electron chi connectivity index (χ3n) is 9.31. The van der Waals surface area contributed by atoms with Crippen molar-refractivity contribution in [1.29, 1.82) is 0 Å². The average Bonchev–Trinajstić information content (AvgIpc) is 3.46. The third-order valence-corrected chi connectivity index (χ3v) is 9.31. The van der Waals surface area contributed by atoms with E-state index < -0.39 is 23.0 Å². The molecule has 216 valence electrons. The minimum atomic E-state index is -1.32. The number of rotatable bonds is 5. The predicted molar refractivity (Wildman–Crippen MR) is 156 cm³/mol. The van der Waals surface area contributed by atoms with Gasteiger partial charge in [0.1, 0.15) is 11.2 Å². The number of pyridine rings is 3. The van der Waals surface area contributed by atoms with Gasteiger partial charge in [-0.1, -0.05) is 0 Å². The largest absolute Gasteiger partial charge is 0.477 e. The molecule has 0 bridgehead atoms. The standard InChI is InChI=1S/C31H30F2N6O3/c1-34-21-9-20(32)26(33)24-16(21)8-22-25(24)27(39-13-23(37(2)3)31(14-39)5-6-31)18(11-35-22)15-7-17-28(40)19(30(41)42)12-38(4)29(17)36-10-15/h7,9-12,23,34H,5-6,8,13-14H2,1-4H3,(H,41,42). The number of nitrogens with zero attached hydrogens (tertiary/aromatic N) is 5. The van der Waals surface area contributed by atoms with Gasteiger partial charge >= 0.3 is 5.97 Å². The van der Waals surface area contributed by atoms with E-state index in [4.69, 9.17) is 4.98 Å². The molecule has 7 rings (SSSR count). The van der Waals surface area contributed by atoms with Gasteiger partial charge in [-0.2, -0.15) is 0 Å². The van der Waals surface area contributed by atoms with Gasteiger partial charge in [0.2, 0.25) is 5.43 Å². The smallest absolute Gasteiger partial charge is 0.341 e. The van der Waals surface area contributed by atoms with E-state index in [2.05, 4.69) is 34.2 Å². The highest BCUT2D eigenvalue weighted by atomic mass is 19.2. The predicted octanol–water partition coefficient (Wildman–Crippen LogP) is 4.12. The highest BCUT2D eigenvalue weighted by Gasteiger charge is 2.56. The fourth-order valence-corrected chi connectivity index (χ4v) is 7.12. The quantitative estimate of drug-likeness (QED) is 0.324. The van der Waals surface area contributed by atoms with E-state index in [1.807, 2.05) is 0 Å². The number of aryl methyl sites for hydroxylation is 1. The summed E-state index contributed by atoms with van der Waals surface area (Å²) in [4.78, 5) is 38.7. The topological polar surface area (TPSA) is 104 Å². The summed E-state index contributed by atoms with van der Waals surface area (Å²) in [5.74, 6) is -3.17. The first-order valence-corrected chi connectivity index (χ1v) is 13.9. The van der Waals surface area contributed by atoms with E-state index in [0.29, 0.717) is 52.2 Å². The van der Waals surface area contributed by atoms with Crippen LogP contribution in [0.1, 0.15) is 34.5 Å². The van der Waals surface area contributed by atoms with Gasteiger partial charge in [0.15, 0.2) is 11.6 Å². The van der Waals surface area contributed by atoms with Crippen molar-refractivity contribution in [1.82, 2.24) is 19.4 Å². The zero-order valence-corrected chi connectivity index (χ0v) is 23.8. The van der Waals surface area contributed by atoms with E-state index in [9.17, 15) is 19.1 Å². The average molecular weight is 573 g/mol. The first-order chi connectivity index (χ1) is 20.0. The summed E-state index contributed by atoms with van der Waals surface area (Å²) in [5, 5.41) is 12.8. The van der Waals surface area contributed by atoms with Crippen LogP contribution < -0.4 is 15.6 Å². The number of aromatic carboxylic acids is 1. The normalized spacial score (nSPS) is 18.2. The molecular formula is C31H30F2N6O3. The maximum atomic E-state index is 15.7. The van der Waals surface area contributed by atoms with Gasteiger partial charge in [0.25, 0.3) is 0 Å². The van der Waals surface area contributed by atoms with Crippen LogP contribution in [0.15, 0.2) is 35.5 Å². The highest BCUT2D eigenvalue weighted by molar-refractivity contribution is 5.98. The molecule has 4 heterocycles. The van der Waals surface area contributed by atoms with Gasteiger partial charge < -0.3 is 24.8 Å². The molecule has 1 saturated carbocycles. The Morgan fingerprint density at radius 1 is 1.17 bits per heavy atom. The van der Waals surface area contributed by atoms with E-state index in [-0.39, 0.29) is 28.0 Å². The summed E-state index contributed by atoms with van der Waals surface area (Å²) in [6.07, 6.45) is 7.12. The van der Waals surface area contributed by atoms with Crippen LogP contribution in [0.3, 0.4) is 0 Å². The zero-order valence-electron chi connectivity index (χ0n) is 23.8. The van der Waals surface area contributed by atoms with E-state index >= 15 is 4.39 Å². The molecule has 0 radical (unpaired) electrons. The molecule has 11 heteroatoms. The molecule has 42 heavy (non-hydrogen) atoms. The second-order valence-electron chi connectivity index (χ2n) is 11.9. The fourth-order valence-electron chi connectivity index (χ4n) is 7.12. The molecule has 3 aliphatic rings. The SMILES string of the molecule is CNc1cc(F)c(F)c2c1Cc1ncc(-c3cnc4c(c3)c(=O)c(C(=O)O)cn4C)c(N3CC(N(C)C)C4(CC4)C3)c1-2. The second kappa shape index (κ2) is 9.06. The molecule has 2 fully saturated rings. The van der Waals surface area contributed by atoms with Gasteiger partial charge in [-0.05, 0) is 38.6 Å².